The van der Waals surface area contributed by atoms with Crippen LogP contribution < -0.4 is 5.32 Å². The number of hydrogen-bond donors (Lipinski definition) is 1. The average Bonchev–Trinajstić information content (AvgIpc) is 3.00. The van der Waals surface area contributed by atoms with Gasteiger partial charge >= 0.3 is 0 Å². The Morgan fingerprint density at radius 3 is 2.40 bits per heavy atom. The highest BCUT2D eigenvalue weighted by atomic mass is 15.0. The Kier molecular flexibility index (Phi) is 4.01. The maximum absolute atomic E-state index is 4.07. The van der Waals surface area contributed by atoms with E-state index in [9.17, 15) is 0 Å². The summed E-state index contributed by atoms with van der Waals surface area (Å²) >= 11 is 0. The van der Waals surface area contributed by atoms with Crippen LogP contribution in [-0.4, -0.2) is 12.1 Å². The molecule has 2 fully saturated rings. The maximum atomic E-state index is 4.07. The zero-order chi connectivity index (χ0) is 14.3. The van der Waals surface area contributed by atoms with E-state index >= 15 is 0 Å². The van der Waals surface area contributed by atoms with Gasteiger partial charge in [-0.2, -0.15) is 0 Å². The summed E-state index contributed by atoms with van der Waals surface area (Å²) in [6, 6.07) is 1.45. The zero-order valence-corrected chi connectivity index (χ0v) is 13.9. The molecule has 0 aromatic heterocycles. The lowest BCUT2D eigenvalue weighted by Crippen LogP contribution is -2.50. The van der Waals surface area contributed by atoms with E-state index in [4.69, 9.17) is 0 Å². The Bertz CT molecular complexity index is 364. The summed E-state index contributed by atoms with van der Waals surface area (Å²) in [7, 11) is 0. The fourth-order valence-corrected chi connectivity index (χ4v) is 5.23. The van der Waals surface area contributed by atoms with Crippen LogP contribution in [0.2, 0.25) is 0 Å². The number of fused-ring (bicyclic) bond motifs is 2. The van der Waals surface area contributed by atoms with Gasteiger partial charge in [0.1, 0.15) is 0 Å². The van der Waals surface area contributed by atoms with Crippen molar-refractivity contribution in [1.82, 2.24) is 5.32 Å². The maximum Gasteiger partial charge on any atom is 0.0103 e. The predicted molar refractivity (Wildman–Crippen MR) is 86.6 cm³/mol. The molecule has 3 aliphatic rings. The first-order valence-corrected chi connectivity index (χ1v) is 8.89. The second-order valence-corrected chi connectivity index (χ2v) is 8.76. The molecule has 0 amide bonds. The summed E-state index contributed by atoms with van der Waals surface area (Å²) in [5, 5.41) is 4.07. The van der Waals surface area contributed by atoms with Gasteiger partial charge in [0.05, 0.1) is 0 Å². The average molecular weight is 275 g/mol. The Morgan fingerprint density at radius 2 is 1.80 bits per heavy atom. The third-order valence-corrected chi connectivity index (χ3v) is 6.33. The molecule has 3 rings (SSSR count). The van der Waals surface area contributed by atoms with Crippen molar-refractivity contribution in [2.75, 3.05) is 0 Å². The van der Waals surface area contributed by atoms with Crippen LogP contribution in [0.3, 0.4) is 0 Å². The van der Waals surface area contributed by atoms with Crippen LogP contribution in [0, 0.1) is 29.1 Å². The van der Waals surface area contributed by atoms with Crippen molar-refractivity contribution in [1.29, 1.82) is 0 Å². The molecular formula is C19H33N. The first kappa shape index (κ1) is 14.6. The molecular weight excluding hydrogens is 242 g/mol. The van der Waals surface area contributed by atoms with Crippen LogP contribution in [0.5, 0.6) is 0 Å². The fraction of sp³-hybridized carbons (Fsp3) is 0.895. The largest absolute Gasteiger partial charge is 0.311 e. The van der Waals surface area contributed by atoms with Crippen molar-refractivity contribution < 1.29 is 0 Å². The van der Waals surface area contributed by atoms with Crippen molar-refractivity contribution in [3.8, 4) is 0 Å². The van der Waals surface area contributed by atoms with Gasteiger partial charge in [-0.25, -0.2) is 0 Å². The molecule has 0 spiro atoms. The molecule has 1 heteroatoms. The van der Waals surface area contributed by atoms with E-state index in [1.54, 1.807) is 0 Å². The van der Waals surface area contributed by atoms with Crippen LogP contribution in [0.4, 0.5) is 0 Å². The highest BCUT2D eigenvalue weighted by Crippen LogP contribution is 2.45. The third-order valence-electron chi connectivity index (χ3n) is 6.33. The minimum absolute atomic E-state index is 0.451. The Balaban J connectivity index is 1.62. The van der Waals surface area contributed by atoms with Gasteiger partial charge in [0.25, 0.3) is 0 Å². The van der Waals surface area contributed by atoms with Crippen molar-refractivity contribution in [2.45, 2.75) is 78.3 Å². The molecule has 6 unspecified atom stereocenters. The van der Waals surface area contributed by atoms with E-state index in [-0.39, 0.29) is 0 Å². The minimum Gasteiger partial charge on any atom is -0.311 e. The molecule has 2 bridgehead atoms. The van der Waals surface area contributed by atoms with Gasteiger partial charge < -0.3 is 5.32 Å². The highest BCUT2D eigenvalue weighted by Gasteiger charge is 2.41. The first-order valence-electron chi connectivity index (χ1n) is 8.89. The van der Waals surface area contributed by atoms with Crippen molar-refractivity contribution in [3.05, 3.63) is 12.2 Å². The Labute approximate surface area is 125 Å². The summed E-state index contributed by atoms with van der Waals surface area (Å²) < 4.78 is 0. The van der Waals surface area contributed by atoms with Crippen LogP contribution in [0.1, 0.15) is 66.2 Å². The van der Waals surface area contributed by atoms with E-state index in [1.165, 1.54) is 38.5 Å². The van der Waals surface area contributed by atoms with Crippen molar-refractivity contribution in [2.24, 2.45) is 29.1 Å². The quantitative estimate of drug-likeness (QED) is 0.731. The molecule has 0 heterocycles. The van der Waals surface area contributed by atoms with E-state index in [2.05, 4.69) is 45.2 Å². The van der Waals surface area contributed by atoms with E-state index in [0.717, 1.165) is 29.7 Å². The lowest BCUT2D eigenvalue weighted by molar-refractivity contribution is 0.115. The summed E-state index contributed by atoms with van der Waals surface area (Å²) in [5.41, 5.74) is 0.451. The Hall–Kier alpha value is -0.300. The number of hydrogen-bond acceptors (Lipinski definition) is 1. The summed E-state index contributed by atoms with van der Waals surface area (Å²) in [6.45, 7) is 9.75. The van der Waals surface area contributed by atoms with Crippen molar-refractivity contribution in [3.63, 3.8) is 0 Å². The molecule has 1 N–H and O–H groups in total. The van der Waals surface area contributed by atoms with Crippen LogP contribution in [0.25, 0.3) is 0 Å². The van der Waals surface area contributed by atoms with E-state index in [0.29, 0.717) is 11.5 Å². The third kappa shape index (κ3) is 2.84. The molecule has 3 aliphatic carbocycles. The molecule has 0 aromatic carbocycles. The molecule has 114 valence electrons. The molecule has 0 aromatic rings. The standard InChI is InChI=1S/C19H33N/c1-13(16-12-14-9-10-15(16)11-14)20-18-8-6-5-7-17(18)19(2,3)4/h9-10,13-18,20H,5-8,11-12H2,1-4H3. The normalized spacial score (nSPS) is 42.1. The monoisotopic (exact) mass is 275 g/mol. The minimum atomic E-state index is 0.451. The molecule has 1 nitrogen and oxygen atoms in total. The number of allylic oxidation sites excluding steroid dienone is 2. The molecule has 6 atom stereocenters. The van der Waals surface area contributed by atoms with Crippen LogP contribution in [-0.2, 0) is 0 Å². The molecule has 0 radical (unpaired) electrons. The smallest absolute Gasteiger partial charge is 0.0103 e. The molecule has 20 heavy (non-hydrogen) atoms. The van der Waals surface area contributed by atoms with E-state index in [1.807, 2.05) is 0 Å². The van der Waals surface area contributed by atoms with Gasteiger partial charge in [0, 0.05) is 12.1 Å². The highest BCUT2D eigenvalue weighted by molar-refractivity contribution is 5.12. The molecule has 0 aliphatic heterocycles. The predicted octanol–water partition coefficient (Wildman–Crippen LogP) is 4.78. The lowest BCUT2D eigenvalue weighted by atomic mass is 9.69. The van der Waals surface area contributed by atoms with Gasteiger partial charge in [-0.15, -0.1) is 0 Å². The van der Waals surface area contributed by atoms with E-state index < -0.39 is 0 Å². The topological polar surface area (TPSA) is 12.0 Å². The van der Waals surface area contributed by atoms with Gasteiger partial charge in [0.2, 0.25) is 0 Å². The summed E-state index contributed by atoms with van der Waals surface area (Å²) in [5.74, 6) is 3.53. The second kappa shape index (κ2) is 5.48. The van der Waals surface area contributed by atoms with Gasteiger partial charge in [-0.05, 0) is 61.7 Å². The van der Waals surface area contributed by atoms with Gasteiger partial charge in [0.15, 0.2) is 0 Å². The van der Waals surface area contributed by atoms with Crippen LogP contribution in [0.15, 0.2) is 12.2 Å². The van der Waals surface area contributed by atoms with Crippen molar-refractivity contribution >= 4 is 0 Å². The summed E-state index contributed by atoms with van der Waals surface area (Å²) in [4.78, 5) is 0. The lowest BCUT2D eigenvalue weighted by Gasteiger charge is -2.43. The van der Waals surface area contributed by atoms with Crippen LogP contribution >= 0.6 is 0 Å². The molecule has 2 saturated carbocycles. The zero-order valence-electron chi connectivity index (χ0n) is 13.9. The fourth-order valence-electron chi connectivity index (χ4n) is 5.23. The number of nitrogens with one attached hydrogen (secondary N) is 1. The van der Waals surface area contributed by atoms with Gasteiger partial charge in [-0.1, -0.05) is 45.8 Å². The SMILES string of the molecule is CC(NC1CCCCC1C(C)(C)C)C1CC2C=CC1C2. The number of rotatable bonds is 3. The Morgan fingerprint density at radius 1 is 1.05 bits per heavy atom. The molecule has 0 saturated heterocycles. The summed E-state index contributed by atoms with van der Waals surface area (Å²) in [6.07, 6.45) is 13.5. The second-order valence-electron chi connectivity index (χ2n) is 8.76. The van der Waals surface area contributed by atoms with Gasteiger partial charge in [-0.3, -0.25) is 0 Å². The first-order chi connectivity index (χ1) is 9.45.